The molecule has 1 aliphatic carbocycles. The van der Waals surface area contributed by atoms with Crippen molar-refractivity contribution in [2.75, 3.05) is 44.2 Å². The number of carbonyl (C=O) groups excluding carboxylic acids is 4. The van der Waals surface area contributed by atoms with Crippen LogP contribution in [0, 0.1) is 11.3 Å². The second-order valence-corrected chi connectivity index (χ2v) is 11.1. The van der Waals surface area contributed by atoms with Crippen LogP contribution >= 0.6 is 23.2 Å². The maximum Gasteiger partial charge on any atom is 0.251 e. The van der Waals surface area contributed by atoms with E-state index in [-0.39, 0.29) is 35.2 Å². The Labute approximate surface area is 215 Å². The van der Waals surface area contributed by atoms with Crippen molar-refractivity contribution in [3.63, 3.8) is 0 Å². The average Bonchev–Trinajstić information content (AvgIpc) is 3.08. The van der Waals surface area contributed by atoms with E-state index >= 15 is 0 Å². The number of hydrogen-bond donors (Lipinski definition) is 0. The molecule has 1 aromatic rings. The average molecular weight is 521 g/mol. The minimum Gasteiger partial charge on any atom is -0.299 e. The number of imide groups is 1. The zero-order valence-corrected chi connectivity index (χ0v) is 21.5. The number of rotatable bonds is 6. The van der Waals surface area contributed by atoms with E-state index in [0.717, 1.165) is 13.1 Å². The molecule has 0 bridgehead atoms. The third-order valence-electron chi connectivity index (χ3n) is 6.93. The highest BCUT2D eigenvalue weighted by Gasteiger charge is 2.43. The molecule has 4 rings (SSSR count). The third kappa shape index (κ3) is 5.82. The lowest BCUT2D eigenvalue weighted by molar-refractivity contribution is -0.136. The van der Waals surface area contributed by atoms with E-state index < -0.39 is 12.0 Å². The molecule has 0 N–H and O–H groups in total. The fourth-order valence-corrected chi connectivity index (χ4v) is 5.34. The van der Waals surface area contributed by atoms with Gasteiger partial charge in [0.2, 0.25) is 5.91 Å². The van der Waals surface area contributed by atoms with Gasteiger partial charge in [0, 0.05) is 51.8 Å². The van der Waals surface area contributed by atoms with Gasteiger partial charge in [0.25, 0.3) is 5.91 Å². The van der Waals surface area contributed by atoms with Crippen molar-refractivity contribution >= 4 is 58.5 Å². The Balaban J connectivity index is 1.25. The Hall–Kier alpha value is -2.13. The van der Waals surface area contributed by atoms with E-state index in [9.17, 15) is 19.2 Å². The fraction of sp³-hybridized carbons (Fsp3) is 0.560. The van der Waals surface area contributed by atoms with Crippen LogP contribution in [0.3, 0.4) is 0 Å². The first-order chi connectivity index (χ1) is 16.6. The molecular weight excluding hydrogens is 491 g/mol. The number of benzene rings is 1. The van der Waals surface area contributed by atoms with Crippen molar-refractivity contribution in [2.45, 2.75) is 39.2 Å². The number of nitrogens with zero attached hydrogens (tertiary/aromatic N) is 4. The van der Waals surface area contributed by atoms with Gasteiger partial charge in [0.05, 0.1) is 34.7 Å². The van der Waals surface area contributed by atoms with Crippen LogP contribution in [0.1, 0.15) is 33.1 Å². The fourth-order valence-electron chi connectivity index (χ4n) is 5.05. The molecule has 8 nitrogen and oxygen atoms in total. The molecule has 2 saturated heterocycles. The molecule has 3 aliphatic rings. The molecule has 1 saturated carbocycles. The molecular formula is C25H30Cl2N4O4. The molecule has 1 atom stereocenters. The Morgan fingerprint density at radius 1 is 1.00 bits per heavy atom. The molecule has 188 valence electrons. The van der Waals surface area contributed by atoms with Gasteiger partial charge >= 0.3 is 0 Å². The van der Waals surface area contributed by atoms with Gasteiger partial charge in [-0.1, -0.05) is 37.0 Å². The van der Waals surface area contributed by atoms with Gasteiger partial charge < -0.3 is 0 Å². The van der Waals surface area contributed by atoms with Crippen molar-refractivity contribution in [2.24, 2.45) is 16.3 Å². The Bertz CT molecular complexity index is 1050. The van der Waals surface area contributed by atoms with Crippen LogP contribution in [0.15, 0.2) is 23.2 Å². The summed E-state index contributed by atoms with van der Waals surface area (Å²) in [5.74, 6) is -1.28. The lowest BCUT2D eigenvalue weighted by atomic mass is 9.72. The standard InChI is InChI=1S/C25H30Cl2N4O4/c1-25(2)13-21(32)17(22(33)14-25)15-28-5-6-29-7-9-30(10-8-29)20-12-23(34)31(24(20)35)16-3-4-18(26)19(27)11-16/h3-4,11,15,17,20H,5-10,12-14H2,1-2H3. The van der Waals surface area contributed by atoms with Crippen LogP contribution in [0.5, 0.6) is 0 Å². The lowest BCUT2D eigenvalue weighted by Gasteiger charge is -2.36. The van der Waals surface area contributed by atoms with Gasteiger partial charge in [-0.05, 0) is 23.6 Å². The quantitative estimate of drug-likeness (QED) is 0.325. The molecule has 10 heteroatoms. The smallest absolute Gasteiger partial charge is 0.251 e. The number of ketones is 2. The molecule has 0 radical (unpaired) electrons. The summed E-state index contributed by atoms with van der Waals surface area (Å²) < 4.78 is 0. The van der Waals surface area contributed by atoms with Crippen LogP contribution in [0.4, 0.5) is 5.69 Å². The number of amides is 2. The summed E-state index contributed by atoms with van der Waals surface area (Å²) in [6.07, 6.45) is 2.48. The molecule has 2 heterocycles. The first kappa shape index (κ1) is 25.9. The zero-order valence-electron chi connectivity index (χ0n) is 20.0. The van der Waals surface area contributed by atoms with E-state index in [1.165, 1.54) is 17.2 Å². The molecule has 1 aromatic carbocycles. The number of aliphatic imine (C=N–C) groups is 1. The Kier molecular flexibility index (Phi) is 7.76. The van der Waals surface area contributed by atoms with Crippen molar-refractivity contribution in [1.82, 2.24) is 9.80 Å². The van der Waals surface area contributed by atoms with Crippen LogP contribution in [0.2, 0.25) is 10.0 Å². The van der Waals surface area contributed by atoms with Crippen LogP contribution < -0.4 is 4.90 Å². The summed E-state index contributed by atoms with van der Waals surface area (Å²) >= 11 is 12.0. The van der Waals surface area contributed by atoms with Gasteiger partial charge in [0.15, 0.2) is 0 Å². The SMILES string of the molecule is CC1(C)CC(=O)C(C=NCCN2CCN(C3CC(=O)N(c4ccc(Cl)c(Cl)c4)C3=O)CC2)C(=O)C1. The number of anilines is 1. The van der Waals surface area contributed by atoms with Gasteiger partial charge in [-0.15, -0.1) is 0 Å². The topological polar surface area (TPSA) is 90.4 Å². The zero-order chi connectivity index (χ0) is 25.3. The number of hydrogen-bond acceptors (Lipinski definition) is 7. The van der Waals surface area contributed by atoms with E-state index in [2.05, 4.69) is 14.8 Å². The Morgan fingerprint density at radius 3 is 2.29 bits per heavy atom. The van der Waals surface area contributed by atoms with E-state index in [1.807, 2.05) is 13.8 Å². The van der Waals surface area contributed by atoms with Crippen molar-refractivity contribution < 1.29 is 19.2 Å². The summed E-state index contributed by atoms with van der Waals surface area (Å²) in [6.45, 7) is 7.91. The second-order valence-electron chi connectivity index (χ2n) is 10.2. The third-order valence-corrected chi connectivity index (χ3v) is 7.67. The van der Waals surface area contributed by atoms with Crippen molar-refractivity contribution in [3.05, 3.63) is 28.2 Å². The highest BCUT2D eigenvalue weighted by molar-refractivity contribution is 6.42. The number of carbonyl (C=O) groups is 4. The van der Waals surface area contributed by atoms with Crippen LogP contribution in [-0.2, 0) is 19.2 Å². The highest BCUT2D eigenvalue weighted by atomic mass is 35.5. The van der Waals surface area contributed by atoms with Crippen LogP contribution in [0.25, 0.3) is 0 Å². The summed E-state index contributed by atoms with van der Waals surface area (Å²) in [7, 11) is 0. The van der Waals surface area contributed by atoms with Crippen molar-refractivity contribution in [1.29, 1.82) is 0 Å². The highest BCUT2D eigenvalue weighted by Crippen LogP contribution is 2.33. The van der Waals surface area contributed by atoms with E-state index in [1.54, 1.807) is 12.1 Å². The molecule has 35 heavy (non-hydrogen) atoms. The maximum absolute atomic E-state index is 13.0. The molecule has 2 amide bonds. The predicted molar refractivity (Wildman–Crippen MR) is 135 cm³/mol. The van der Waals surface area contributed by atoms with Crippen LogP contribution in [-0.4, -0.2) is 84.7 Å². The Morgan fingerprint density at radius 2 is 1.66 bits per heavy atom. The van der Waals surface area contributed by atoms with E-state index in [4.69, 9.17) is 23.2 Å². The lowest BCUT2D eigenvalue weighted by Crippen LogP contribution is -2.52. The molecule has 2 aliphatic heterocycles. The first-order valence-electron chi connectivity index (χ1n) is 11.9. The minimum absolute atomic E-state index is 0.0469. The largest absolute Gasteiger partial charge is 0.299 e. The van der Waals surface area contributed by atoms with Gasteiger partial charge in [-0.2, -0.15) is 0 Å². The van der Waals surface area contributed by atoms with Gasteiger partial charge in [-0.3, -0.25) is 34.0 Å². The number of halogens is 2. The molecule has 1 unspecified atom stereocenters. The first-order valence-corrected chi connectivity index (χ1v) is 12.6. The second kappa shape index (κ2) is 10.5. The summed E-state index contributed by atoms with van der Waals surface area (Å²) in [5.41, 5.74) is 0.175. The molecule has 0 spiro atoms. The molecule has 3 fully saturated rings. The summed E-state index contributed by atoms with van der Waals surface area (Å²) in [4.78, 5) is 60.1. The minimum atomic E-state index is -0.704. The van der Waals surface area contributed by atoms with Gasteiger partial charge in [0.1, 0.15) is 17.5 Å². The predicted octanol–water partition coefficient (Wildman–Crippen LogP) is 2.89. The maximum atomic E-state index is 13.0. The summed E-state index contributed by atoms with van der Waals surface area (Å²) in [6, 6.07) is 4.26. The number of piperazine rings is 1. The number of Topliss-reactive ketones (excluding diaryl/α,β-unsaturated/α-hetero) is 2. The van der Waals surface area contributed by atoms with Crippen molar-refractivity contribution in [3.8, 4) is 0 Å². The normalized spacial score (nSPS) is 24.8. The monoisotopic (exact) mass is 520 g/mol. The molecule has 0 aromatic heterocycles. The summed E-state index contributed by atoms with van der Waals surface area (Å²) in [5, 5.41) is 0.665. The van der Waals surface area contributed by atoms with Gasteiger partial charge in [-0.25, -0.2) is 4.90 Å². The van der Waals surface area contributed by atoms with E-state index in [0.29, 0.717) is 54.8 Å².